The lowest BCUT2D eigenvalue weighted by atomic mass is 10.1. The van der Waals surface area contributed by atoms with E-state index in [1.54, 1.807) is 12.3 Å². The zero-order valence-corrected chi connectivity index (χ0v) is 9.58. The van der Waals surface area contributed by atoms with E-state index in [4.69, 9.17) is 10.5 Å². The molecule has 3 rings (SSSR count). The summed E-state index contributed by atoms with van der Waals surface area (Å²) in [5, 5.41) is 1.94. The van der Waals surface area contributed by atoms with Crippen molar-refractivity contribution in [3.8, 4) is 11.6 Å². The van der Waals surface area contributed by atoms with Crippen LogP contribution in [0.2, 0.25) is 0 Å². The van der Waals surface area contributed by atoms with E-state index in [0.29, 0.717) is 5.88 Å². The molecule has 0 radical (unpaired) electrons. The molecule has 1 aromatic heterocycles. The van der Waals surface area contributed by atoms with Crippen molar-refractivity contribution in [1.29, 1.82) is 0 Å². The van der Waals surface area contributed by atoms with Crippen LogP contribution in [0.5, 0.6) is 11.6 Å². The van der Waals surface area contributed by atoms with Gasteiger partial charge in [-0.15, -0.1) is 0 Å². The first-order chi connectivity index (χ1) is 8.84. The van der Waals surface area contributed by atoms with E-state index in [0.717, 1.165) is 22.2 Å². The molecular formula is C14H11N3O. The molecule has 2 aromatic carbocycles. The number of nitrogens with two attached hydrogens (primary N) is 1. The molecule has 0 atom stereocenters. The molecule has 18 heavy (non-hydrogen) atoms. The van der Waals surface area contributed by atoms with Gasteiger partial charge >= 0.3 is 0 Å². The van der Waals surface area contributed by atoms with Gasteiger partial charge in [0, 0.05) is 28.7 Å². The van der Waals surface area contributed by atoms with Gasteiger partial charge in [0.1, 0.15) is 12.1 Å². The summed E-state index contributed by atoms with van der Waals surface area (Å²) < 4.78 is 5.74. The second-order valence-corrected chi connectivity index (χ2v) is 3.85. The van der Waals surface area contributed by atoms with E-state index in [2.05, 4.69) is 9.97 Å². The molecule has 0 saturated carbocycles. The van der Waals surface area contributed by atoms with E-state index in [9.17, 15) is 0 Å². The highest BCUT2D eigenvalue weighted by atomic mass is 16.5. The largest absolute Gasteiger partial charge is 0.438 e. The SMILES string of the molecule is Nc1ccc(Oc2ccncn2)c2ccccc12. The zero-order valence-electron chi connectivity index (χ0n) is 9.58. The van der Waals surface area contributed by atoms with Gasteiger partial charge in [-0.2, -0.15) is 0 Å². The first-order valence-corrected chi connectivity index (χ1v) is 5.56. The summed E-state index contributed by atoms with van der Waals surface area (Å²) in [6, 6.07) is 13.2. The van der Waals surface area contributed by atoms with Gasteiger partial charge in [-0.3, -0.25) is 0 Å². The summed E-state index contributed by atoms with van der Waals surface area (Å²) in [5.74, 6) is 1.25. The summed E-state index contributed by atoms with van der Waals surface area (Å²) in [7, 11) is 0. The minimum atomic E-state index is 0.514. The van der Waals surface area contributed by atoms with Crippen LogP contribution in [0.25, 0.3) is 10.8 Å². The number of aromatic nitrogens is 2. The van der Waals surface area contributed by atoms with Crippen LogP contribution in [0.3, 0.4) is 0 Å². The van der Waals surface area contributed by atoms with Crippen LogP contribution in [0.1, 0.15) is 0 Å². The number of nitrogens with zero attached hydrogens (tertiary/aromatic N) is 2. The third kappa shape index (κ3) is 1.84. The summed E-state index contributed by atoms with van der Waals surface area (Å²) in [6.45, 7) is 0. The lowest BCUT2D eigenvalue weighted by molar-refractivity contribution is 0.467. The molecule has 0 aliphatic carbocycles. The lowest BCUT2D eigenvalue weighted by Gasteiger charge is -2.09. The van der Waals surface area contributed by atoms with Crippen LogP contribution in [-0.4, -0.2) is 9.97 Å². The Kier molecular flexibility index (Phi) is 2.53. The molecule has 0 unspecified atom stereocenters. The monoisotopic (exact) mass is 237 g/mol. The number of hydrogen-bond acceptors (Lipinski definition) is 4. The molecule has 1 heterocycles. The van der Waals surface area contributed by atoms with Gasteiger partial charge in [0.05, 0.1) is 0 Å². The van der Waals surface area contributed by atoms with Crippen molar-refractivity contribution in [1.82, 2.24) is 9.97 Å². The van der Waals surface area contributed by atoms with E-state index >= 15 is 0 Å². The van der Waals surface area contributed by atoms with Crippen molar-refractivity contribution in [3.05, 3.63) is 55.0 Å². The minimum Gasteiger partial charge on any atom is -0.438 e. The van der Waals surface area contributed by atoms with Crippen LogP contribution in [0.15, 0.2) is 55.0 Å². The highest BCUT2D eigenvalue weighted by molar-refractivity contribution is 5.97. The van der Waals surface area contributed by atoms with Crippen molar-refractivity contribution in [2.45, 2.75) is 0 Å². The van der Waals surface area contributed by atoms with E-state index < -0.39 is 0 Å². The molecule has 0 saturated heterocycles. The van der Waals surface area contributed by atoms with Gasteiger partial charge in [-0.05, 0) is 12.1 Å². The predicted molar refractivity (Wildman–Crippen MR) is 70.5 cm³/mol. The van der Waals surface area contributed by atoms with Gasteiger partial charge in [0.2, 0.25) is 5.88 Å². The predicted octanol–water partition coefficient (Wildman–Crippen LogP) is 3.00. The molecule has 0 bridgehead atoms. The normalized spacial score (nSPS) is 10.4. The molecule has 0 amide bonds. The first-order valence-electron chi connectivity index (χ1n) is 5.56. The standard InChI is InChI=1S/C14H11N3O/c15-12-5-6-13(11-4-2-1-3-10(11)12)18-14-7-8-16-9-17-14/h1-9H,15H2. The Bertz CT molecular complexity index is 683. The fraction of sp³-hybridized carbons (Fsp3) is 0. The Morgan fingerprint density at radius 2 is 1.78 bits per heavy atom. The van der Waals surface area contributed by atoms with Crippen molar-refractivity contribution in [2.75, 3.05) is 5.73 Å². The number of nitrogen functional groups attached to an aromatic ring is 1. The smallest absolute Gasteiger partial charge is 0.222 e. The number of benzene rings is 2. The van der Waals surface area contributed by atoms with Crippen molar-refractivity contribution in [3.63, 3.8) is 0 Å². The van der Waals surface area contributed by atoms with Crippen LogP contribution in [-0.2, 0) is 0 Å². The Hall–Kier alpha value is -2.62. The fourth-order valence-electron chi connectivity index (χ4n) is 1.84. The Labute approximate surface area is 104 Å². The average molecular weight is 237 g/mol. The van der Waals surface area contributed by atoms with Crippen molar-refractivity contribution >= 4 is 16.5 Å². The quantitative estimate of drug-likeness (QED) is 0.696. The molecular weight excluding hydrogens is 226 g/mol. The Balaban J connectivity index is 2.10. The molecule has 0 fully saturated rings. The summed E-state index contributed by atoms with van der Waals surface area (Å²) in [5.41, 5.74) is 6.67. The molecule has 4 nitrogen and oxygen atoms in total. The number of fused-ring (bicyclic) bond motifs is 1. The maximum absolute atomic E-state index is 5.94. The second-order valence-electron chi connectivity index (χ2n) is 3.85. The first kappa shape index (κ1) is 10.5. The van der Waals surface area contributed by atoms with Crippen molar-refractivity contribution < 1.29 is 4.74 Å². The number of hydrogen-bond donors (Lipinski definition) is 1. The molecule has 3 aromatic rings. The number of rotatable bonds is 2. The third-order valence-corrected chi connectivity index (χ3v) is 2.69. The van der Waals surface area contributed by atoms with Crippen LogP contribution in [0, 0.1) is 0 Å². The Morgan fingerprint density at radius 3 is 2.56 bits per heavy atom. The molecule has 0 aliphatic heterocycles. The third-order valence-electron chi connectivity index (χ3n) is 2.69. The van der Waals surface area contributed by atoms with Crippen LogP contribution < -0.4 is 10.5 Å². The van der Waals surface area contributed by atoms with E-state index in [-0.39, 0.29) is 0 Å². The number of anilines is 1. The van der Waals surface area contributed by atoms with Crippen LogP contribution >= 0.6 is 0 Å². The molecule has 4 heteroatoms. The molecule has 0 aliphatic rings. The number of ether oxygens (including phenoxy) is 1. The summed E-state index contributed by atoms with van der Waals surface area (Å²) in [6.07, 6.45) is 3.09. The maximum Gasteiger partial charge on any atom is 0.222 e. The van der Waals surface area contributed by atoms with Gasteiger partial charge in [-0.1, -0.05) is 24.3 Å². The fourth-order valence-corrected chi connectivity index (χ4v) is 1.84. The topological polar surface area (TPSA) is 61.0 Å². The van der Waals surface area contributed by atoms with Gasteiger partial charge < -0.3 is 10.5 Å². The maximum atomic E-state index is 5.94. The lowest BCUT2D eigenvalue weighted by Crippen LogP contribution is -1.92. The van der Waals surface area contributed by atoms with Gasteiger partial charge in [0.15, 0.2) is 0 Å². The zero-order chi connectivity index (χ0) is 12.4. The highest BCUT2D eigenvalue weighted by Gasteiger charge is 2.05. The average Bonchev–Trinajstić information content (AvgIpc) is 2.44. The second kappa shape index (κ2) is 4.33. The highest BCUT2D eigenvalue weighted by Crippen LogP contribution is 2.32. The van der Waals surface area contributed by atoms with E-state index in [1.165, 1.54) is 6.33 Å². The molecule has 88 valence electrons. The summed E-state index contributed by atoms with van der Waals surface area (Å²) >= 11 is 0. The molecule has 0 spiro atoms. The Morgan fingerprint density at radius 1 is 0.944 bits per heavy atom. The van der Waals surface area contributed by atoms with Gasteiger partial charge in [0.25, 0.3) is 0 Å². The van der Waals surface area contributed by atoms with E-state index in [1.807, 2.05) is 36.4 Å². The van der Waals surface area contributed by atoms with Crippen LogP contribution in [0.4, 0.5) is 5.69 Å². The van der Waals surface area contributed by atoms with Gasteiger partial charge in [-0.25, -0.2) is 9.97 Å². The van der Waals surface area contributed by atoms with Crippen molar-refractivity contribution in [2.24, 2.45) is 0 Å². The minimum absolute atomic E-state index is 0.514. The summed E-state index contributed by atoms with van der Waals surface area (Å²) in [4.78, 5) is 7.89. The molecule has 2 N–H and O–H groups in total.